The standard InChI is InChI=1S/C19H19ClN2O4S/c1-13(2)26-19(23)11-17(15-8-4-5-9-16(15)20)22-27(24,25)18-10-6-3-7-14(18)12-21/h3-10,13,17,22H,11H2,1-2H3/t17-/m0/s1. The SMILES string of the molecule is CC(C)OC(=O)C[C@H](NS(=O)(=O)c1ccccc1C#N)c1ccccc1Cl. The fourth-order valence-electron chi connectivity index (χ4n) is 2.49. The Morgan fingerprint density at radius 1 is 1.19 bits per heavy atom. The number of esters is 1. The lowest BCUT2D eigenvalue weighted by molar-refractivity contribution is -0.147. The van der Waals surface area contributed by atoms with Gasteiger partial charge in [-0.05, 0) is 37.6 Å². The van der Waals surface area contributed by atoms with Crippen molar-refractivity contribution >= 4 is 27.6 Å². The van der Waals surface area contributed by atoms with E-state index in [2.05, 4.69) is 4.72 Å². The maximum Gasteiger partial charge on any atom is 0.308 e. The van der Waals surface area contributed by atoms with Crippen molar-refractivity contribution in [2.45, 2.75) is 37.3 Å². The minimum Gasteiger partial charge on any atom is -0.463 e. The molecule has 2 rings (SSSR count). The molecule has 0 amide bonds. The summed E-state index contributed by atoms with van der Waals surface area (Å²) in [5.74, 6) is -0.564. The number of sulfonamides is 1. The lowest BCUT2D eigenvalue weighted by Crippen LogP contribution is -2.31. The van der Waals surface area contributed by atoms with Gasteiger partial charge < -0.3 is 4.74 Å². The van der Waals surface area contributed by atoms with Crippen molar-refractivity contribution in [3.8, 4) is 6.07 Å². The summed E-state index contributed by atoms with van der Waals surface area (Å²) in [7, 11) is -4.08. The molecule has 0 aliphatic rings. The van der Waals surface area contributed by atoms with Crippen molar-refractivity contribution in [3.63, 3.8) is 0 Å². The molecule has 0 aliphatic heterocycles. The Bertz CT molecular complexity index is 968. The van der Waals surface area contributed by atoms with Crippen LogP contribution in [0.5, 0.6) is 0 Å². The smallest absolute Gasteiger partial charge is 0.308 e. The van der Waals surface area contributed by atoms with E-state index >= 15 is 0 Å². The van der Waals surface area contributed by atoms with Crippen LogP contribution in [0.1, 0.15) is 37.4 Å². The first-order valence-corrected chi connectivity index (χ1v) is 10.1. The summed E-state index contributed by atoms with van der Waals surface area (Å²) in [6.07, 6.45) is -0.573. The lowest BCUT2D eigenvalue weighted by atomic mass is 10.0. The molecule has 27 heavy (non-hydrogen) atoms. The summed E-state index contributed by atoms with van der Waals surface area (Å²) in [5, 5.41) is 9.50. The van der Waals surface area contributed by atoms with Gasteiger partial charge in [0.25, 0.3) is 0 Å². The molecule has 2 aromatic rings. The zero-order valence-corrected chi connectivity index (χ0v) is 16.4. The van der Waals surface area contributed by atoms with E-state index in [-0.39, 0.29) is 23.0 Å². The summed E-state index contributed by atoms with van der Waals surface area (Å²) < 4.78 is 33.3. The summed E-state index contributed by atoms with van der Waals surface area (Å²) in [5.41, 5.74) is 0.450. The molecule has 142 valence electrons. The maximum atomic E-state index is 12.9. The van der Waals surface area contributed by atoms with E-state index in [9.17, 15) is 18.5 Å². The molecule has 0 bridgehead atoms. The Labute approximate surface area is 163 Å². The molecule has 0 unspecified atom stereocenters. The molecule has 0 spiro atoms. The molecule has 1 atom stereocenters. The zero-order chi connectivity index (χ0) is 20.0. The summed E-state index contributed by atoms with van der Waals surface area (Å²) in [4.78, 5) is 12.0. The molecular formula is C19H19ClN2O4S. The van der Waals surface area contributed by atoms with Crippen LogP contribution in [-0.2, 0) is 19.6 Å². The van der Waals surface area contributed by atoms with Crippen molar-refractivity contribution < 1.29 is 17.9 Å². The van der Waals surface area contributed by atoms with Gasteiger partial charge in [0.05, 0.1) is 29.0 Å². The Morgan fingerprint density at radius 2 is 1.81 bits per heavy atom. The Morgan fingerprint density at radius 3 is 2.44 bits per heavy atom. The quantitative estimate of drug-likeness (QED) is 0.709. The molecule has 1 N–H and O–H groups in total. The number of carbonyl (C=O) groups excluding carboxylic acids is 1. The Hall–Kier alpha value is -2.40. The third kappa shape index (κ3) is 5.54. The van der Waals surface area contributed by atoms with Crippen LogP contribution in [0.2, 0.25) is 5.02 Å². The highest BCUT2D eigenvalue weighted by Gasteiger charge is 2.27. The van der Waals surface area contributed by atoms with Crippen LogP contribution in [0.4, 0.5) is 0 Å². The van der Waals surface area contributed by atoms with Crippen LogP contribution in [-0.4, -0.2) is 20.5 Å². The molecular weight excluding hydrogens is 388 g/mol. The minimum absolute atomic E-state index is 0.00710. The van der Waals surface area contributed by atoms with Crippen LogP contribution in [0.15, 0.2) is 53.4 Å². The molecule has 0 aliphatic carbocycles. The predicted octanol–water partition coefficient (Wildman–Crippen LogP) is 3.57. The van der Waals surface area contributed by atoms with Gasteiger partial charge in [0, 0.05) is 5.02 Å². The maximum absolute atomic E-state index is 12.9. The molecule has 0 radical (unpaired) electrons. The zero-order valence-electron chi connectivity index (χ0n) is 14.8. The van der Waals surface area contributed by atoms with E-state index < -0.39 is 22.0 Å². The fourth-order valence-corrected chi connectivity index (χ4v) is 4.13. The Balaban J connectivity index is 2.41. The number of benzene rings is 2. The highest BCUT2D eigenvalue weighted by molar-refractivity contribution is 7.89. The third-order valence-corrected chi connectivity index (χ3v) is 5.49. The van der Waals surface area contributed by atoms with Crippen LogP contribution in [0.3, 0.4) is 0 Å². The molecule has 0 saturated heterocycles. The van der Waals surface area contributed by atoms with Gasteiger partial charge in [0.2, 0.25) is 10.0 Å². The minimum atomic E-state index is -4.08. The number of ether oxygens (including phenoxy) is 1. The monoisotopic (exact) mass is 406 g/mol. The largest absolute Gasteiger partial charge is 0.463 e. The van der Waals surface area contributed by atoms with Gasteiger partial charge in [-0.3, -0.25) is 4.79 Å². The number of carbonyl (C=O) groups is 1. The van der Waals surface area contributed by atoms with Gasteiger partial charge in [0.1, 0.15) is 6.07 Å². The lowest BCUT2D eigenvalue weighted by Gasteiger charge is -2.20. The van der Waals surface area contributed by atoms with Crippen LogP contribution in [0.25, 0.3) is 0 Å². The normalized spacial score (nSPS) is 12.4. The van der Waals surface area contributed by atoms with E-state index in [4.69, 9.17) is 16.3 Å². The summed E-state index contributed by atoms with van der Waals surface area (Å²) in [6, 6.07) is 13.4. The fraction of sp³-hybridized carbons (Fsp3) is 0.263. The van der Waals surface area contributed by atoms with Crippen molar-refractivity contribution in [3.05, 3.63) is 64.7 Å². The second kappa shape index (κ2) is 9.00. The highest BCUT2D eigenvalue weighted by Crippen LogP contribution is 2.28. The molecule has 0 heterocycles. The van der Waals surface area contributed by atoms with Crippen LogP contribution in [0, 0.1) is 11.3 Å². The van der Waals surface area contributed by atoms with Gasteiger partial charge in [-0.1, -0.05) is 41.9 Å². The molecule has 0 fully saturated rings. The summed E-state index contributed by atoms with van der Waals surface area (Å²) in [6.45, 7) is 3.41. The molecule has 6 nitrogen and oxygen atoms in total. The van der Waals surface area contributed by atoms with E-state index in [1.165, 1.54) is 18.2 Å². The highest BCUT2D eigenvalue weighted by atomic mass is 35.5. The number of nitrogens with zero attached hydrogens (tertiary/aromatic N) is 1. The number of nitriles is 1. The second-order valence-corrected chi connectivity index (χ2v) is 8.14. The number of hydrogen-bond acceptors (Lipinski definition) is 5. The van der Waals surface area contributed by atoms with Crippen molar-refractivity contribution in [2.24, 2.45) is 0 Å². The van der Waals surface area contributed by atoms with Crippen LogP contribution >= 0.6 is 11.6 Å². The number of halogens is 1. The average molecular weight is 407 g/mol. The van der Waals surface area contributed by atoms with E-state index in [0.29, 0.717) is 10.6 Å². The van der Waals surface area contributed by atoms with E-state index in [0.717, 1.165) is 0 Å². The van der Waals surface area contributed by atoms with Crippen LogP contribution < -0.4 is 4.72 Å². The molecule has 8 heteroatoms. The van der Waals surface area contributed by atoms with Gasteiger partial charge in [-0.15, -0.1) is 0 Å². The number of hydrogen-bond donors (Lipinski definition) is 1. The van der Waals surface area contributed by atoms with Crippen molar-refractivity contribution in [2.75, 3.05) is 0 Å². The van der Waals surface area contributed by atoms with Gasteiger partial charge >= 0.3 is 5.97 Å². The number of rotatable bonds is 7. The molecule has 0 aromatic heterocycles. The van der Waals surface area contributed by atoms with Gasteiger partial charge in [-0.25, -0.2) is 13.1 Å². The predicted molar refractivity (Wildman–Crippen MR) is 102 cm³/mol. The number of nitrogens with one attached hydrogen (secondary N) is 1. The topological polar surface area (TPSA) is 96.3 Å². The van der Waals surface area contributed by atoms with E-state index in [1.54, 1.807) is 44.2 Å². The molecule has 2 aromatic carbocycles. The average Bonchev–Trinajstić information content (AvgIpc) is 2.60. The van der Waals surface area contributed by atoms with Crippen molar-refractivity contribution in [1.82, 2.24) is 4.72 Å². The van der Waals surface area contributed by atoms with Crippen molar-refractivity contribution in [1.29, 1.82) is 5.26 Å². The van der Waals surface area contributed by atoms with Gasteiger partial charge in [0.15, 0.2) is 0 Å². The summed E-state index contributed by atoms with van der Waals surface area (Å²) >= 11 is 6.20. The first kappa shape index (κ1) is 20.9. The third-order valence-electron chi connectivity index (χ3n) is 3.61. The van der Waals surface area contributed by atoms with E-state index in [1.807, 2.05) is 6.07 Å². The van der Waals surface area contributed by atoms with Gasteiger partial charge in [-0.2, -0.15) is 5.26 Å². The first-order chi connectivity index (χ1) is 12.7. The Kier molecular flexibility index (Phi) is 6.97. The first-order valence-electron chi connectivity index (χ1n) is 8.20. The second-order valence-electron chi connectivity index (χ2n) is 6.05. The molecule has 0 saturated carbocycles.